The number of ether oxygens (including phenoxy) is 2. The van der Waals surface area contributed by atoms with Crippen molar-refractivity contribution in [2.24, 2.45) is 0 Å². The second-order valence-electron chi connectivity index (χ2n) is 5.49. The molecule has 0 radical (unpaired) electrons. The highest BCUT2D eigenvalue weighted by Crippen LogP contribution is 2.19. The topological polar surface area (TPSA) is 110 Å². The number of aromatic nitrogens is 2. The lowest BCUT2D eigenvalue weighted by molar-refractivity contribution is 0.0471. The van der Waals surface area contributed by atoms with Crippen LogP contribution in [0.2, 0.25) is 0 Å². The number of aromatic amines is 1. The Morgan fingerprint density at radius 3 is 2.70 bits per heavy atom. The molecule has 0 aliphatic heterocycles. The Morgan fingerprint density at radius 1 is 1.35 bits per heavy atom. The summed E-state index contributed by atoms with van der Waals surface area (Å²) in [5.41, 5.74) is -0.0809. The van der Waals surface area contributed by atoms with E-state index in [0.29, 0.717) is 6.61 Å². The number of esters is 1. The van der Waals surface area contributed by atoms with Crippen molar-refractivity contribution >= 4 is 16.0 Å². The molecule has 1 saturated carbocycles. The van der Waals surface area contributed by atoms with Gasteiger partial charge in [-0.3, -0.25) is 5.10 Å². The lowest BCUT2D eigenvalue weighted by Crippen LogP contribution is -2.29. The average molecular weight is 345 g/mol. The molecule has 130 valence electrons. The Bertz CT molecular complexity index is 606. The molecule has 1 aromatic rings. The maximum absolute atomic E-state index is 12.1. The number of methoxy groups -OCH3 is 1. The van der Waals surface area contributed by atoms with E-state index >= 15 is 0 Å². The molecule has 1 aliphatic carbocycles. The molecular weight excluding hydrogens is 322 g/mol. The molecule has 2 rings (SSSR count). The number of sulfonamides is 1. The van der Waals surface area contributed by atoms with Crippen LogP contribution in [0.4, 0.5) is 0 Å². The number of carbonyl (C=O) groups is 1. The highest BCUT2D eigenvalue weighted by Gasteiger charge is 2.20. The van der Waals surface area contributed by atoms with Crippen molar-refractivity contribution in [2.75, 3.05) is 20.3 Å². The van der Waals surface area contributed by atoms with E-state index in [-0.39, 0.29) is 23.4 Å². The molecular formula is C14H23N3O5S. The van der Waals surface area contributed by atoms with Crippen molar-refractivity contribution in [1.29, 1.82) is 0 Å². The molecule has 0 atom stereocenters. The first-order valence-electron chi connectivity index (χ1n) is 7.78. The van der Waals surface area contributed by atoms with E-state index in [9.17, 15) is 13.2 Å². The van der Waals surface area contributed by atoms with E-state index in [4.69, 9.17) is 4.74 Å². The normalized spacial score (nSPS) is 16.9. The summed E-state index contributed by atoms with van der Waals surface area (Å²) in [6.07, 6.45) is 7.12. The van der Waals surface area contributed by atoms with Gasteiger partial charge in [0.05, 0.1) is 19.8 Å². The lowest BCUT2D eigenvalue weighted by Gasteiger charge is -2.15. The summed E-state index contributed by atoms with van der Waals surface area (Å²) in [6.45, 7) is 0.493. The summed E-state index contributed by atoms with van der Waals surface area (Å²) in [7, 11) is -2.54. The summed E-state index contributed by atoms with van der Waals surface area (Å²) in [6, 6.07) is 1.14. The average Bonchev–Trinajstić information content (AvgIpc) is 2.90. The Morgan fingerprint density at radius 2 is 2.04 bits per heavy atom. The number of H-pyrrole nitrogens is 1. The van der Waals surface area contributed by atoms with Crippen LogP contribution in [0.15, 0.2) is 11.1 Å². The summed E-state index contributed by atoms with van der Waals surface area (Å²) < 4.78 is 36.8. The van der Waals surface area contributed by atoms with Crippen molar-refractivity contribution in [3.8, 4) is 0 Å². The maximum atomic E-state index is 12.1. The minimum Gasteiger partial charge on any atom is -0.464 e. The van der Waals surface area contributed by atoms with Crippen LogP contribution in [0.5, 0.6) is 0 Å². The van der Waals surface area contributed by atoms with E-state index in [0.717, 1.165) is 18.9 Å². The first kappa shape index (κ1) is 17.9. The van der Waals surface area contributed by atoms with Gasteiger partial charge in [-0.15, -0.1) is 0 Å². The highest BCUT2D eigenvalue weighted by atomic mass is 32.2. The smallest absolute Gasteiger partial charge is 0.358 e. The van der Waals surface area contributed by atoms with Crippen LogP contribution in [-0.4, -0.2) is 50.9 Å². The van der Waals surface area contributed by atoms with Gasteiger partial charge in [0, 0.05) is 12.6 Å². The number of hydrogen-bond donors (Lipinski definition) is 2. The van der Waals surface area contributed by atoms with Crippen LogP contribution < -0.4 is 4.72 Å². The Balaban J connectivity index is 1.79. The summed E-state index contributed by atoms with van der Waals surface area (Å²) in [4.78, 5) is 11.3. The van der Waals surface area contributed by atoms with Crippen molar-refractivity contribution in [1.82, 2.24) is 14.9 Å². The molecule has 0 spiro atoms. The SMILES string of the molecule is COC(=O)c1cc(S(=O)(=O)NCCOC2CCCCCC2)[nH]n1. The zero-order valence-electron chi connectivity index (χ0n) is 13.2. The fourth-order valence-corrected chi connectivity index (χ4v) is 3.48. The fraction of sp³-hybridized carbons (Fsp3) is 0.714. The molecule has 1 aromatic heterocycles. The second-order valence-corrected chi connectivity index (χ2v) is 7.23. The third-order valence-corrected chi connectivity index (χ3v) is 5.16. The van der Waals surface area contributed by atoms with E-state index in [2.05, 4.69) is 19.7 Å². The molecule has 2 N–H and O–H groups in total. The standard InChI is InChI=1S/C14H23N3O5S/c1-21-14(18)12-10-13(17-16-12)23(19,20)15-8-9-22-11-6-4-2-3-5-7-11/h10-11,15H,2-9H2,1H3,(H,16,17). The van der Waals surface area contributed by atoms with Gasteiger partial charge in [0.2, 0.25) is 0 Å². The van der Waals surface area contributed by atoms with Crippen LogP contribution in [-0.2, 0) is 19.5 Å². The van der Waals surface area contributed by atoms with Crippen LogP contribution in [0.3, 0.4) is 0 Å². The second kappa shape index (κ2) is 8.42. The highest BCUT2D eigenvalue weighted by molar-refractivity contribution is 7.89. The first-order valence-corrected chi connectivity index (χ1v) is 9.26. The van der Waals surface area contributed by atoms with Crippen LogP contribution in [0.1, 0.15) is 49.0 Å². The minimum atomic E-state index is -3.75. The largest absolute Gasteiger partial charge is 0.464 e. The molecule has 1 aliphatic rings. The molecule has 0 unspecified atom stereocenters. The predicted molar refractivity (Wildman–Crippen MR) is 82.6 cm³/mol. The maximum Gasteiger partial charge on any atom is 0.358 e. The lowest BCUT2D eigenvalue weighted by atomic mass is 10.1. The quantitative estimate of drug-likeness (QED) is 0.437. The van der Waals surface area contributed by atoms with Gasteiger partial charge in [0.25, 0.3) is 10.0 Å². The van der Waals surface area contributed by atoms with Gasteiger partial charge in [0.15, 0.2) is 10.7 Å². The zero-order chi connectivity index (χ0) is 16.7. The number of rotatable bonds is 7. The van der Waals surface area contributed by atoms with E-state index in [1.807, 2.05) is 0 Å². The van der Waals surface area contributed by atoms with Gasteiger partial charge in [-0.2, -0.15) is 5.10 Å². The van der Waals surface area contributed by atoms with Crippen LogP contribution >= 0.6 is 0 Å². The van der Waals surface area contributed by atoms with Crippen molar-refractivity contribution in [3.05, 3.63) is 11.8 Å². The summed E-state index contributed by atoms with van der Waals surface area (Å²) in [5.74, 6) is -0.695. The predicted octanol–water partition coefficient (Wildman–Crippen LogP) is 1.21. The van der Waals surface area contributed by atoms with Crippen LogP contribution in [0.25, 0.3) is 0 Å². The fourth-order valence-electron chi connectivity index (χ4n) is 2.54. The van der Waals surface area contributed by atoms with Gasteiger partial charge >= 0.3 is 5.97 Å². The monoisotopic (exact) mass is 345 g/mol. The zero-order valence-corrected chi connectivity index (χ0v) is 14.0. The molecule has 9 heteroatoms. The van der Waals surface area contributed by atoms with Crippen molar-refractivity contribution in [2.45, 2.75) is 49.7 Å². The van der Waals surface area contributed by atoms with Crippen molar-refractivity contribution < 1.29 is 22.7 Å². The summed E-state index contributed by atoms with van der Waals surface area (Å²) in [5, 5.41) is 5.76. The third kappa shape index (κ3) is 5.29. The Hall–Kier alpha value is -1.45. The van der Waals surface area contributed by atoms with Gasteiger partial charge in [-0.1, -0.05) is 25.7 Å². The minimum absolute atomic E-state index is 0.0809. The molecule has 0 aromatic carbocycles. The Labute approximate surface area is 136 Å². The number of hydrogen-bond acceptors (Lipinski definition) is 6. The molecule has 8 nitrogen and oxygen atoms in total. The summed E-state index contributed by atoms with van der Waals surface area (Å²) >= 11 is 0. The molecule has 0 amide bonds. The van der Waals surface area contributed by atoms with E-state index in [1.165, 1.54) is 32.8 Å². The van der Waals surface area contributed by atoms with E-state index < -0.39 is 16.0 Å². The van der Waals surface area contributed by atoms with Gasteiger partial charge in [-0.05, 0) is 12.8 Å². The third-order valence-electron chi connectivity index (χ3n) is 3.79. The van der Waals surface area contributed by atoms with Gasteiger partial charge in [-0.25, -0.2) is 17.9 Å². The van der Waals surface area contributed by atoms with E-state index in [1.54, 1.807) is 0 Å². The number of carbonyl (C=O) groups excluding carboxylic acids is 1. The van der Waals surface area contributed by atoms with Gasteiger partial charge < -0.3 is 9.47 Å². The van der Waals surface area contributed by atoms with Crippen LogP contribution in [0, 0.1) is 0 Å². The molecule has 1 fully saturated rings. The molecule has 1 heterocycles. The Kier molecular flexibility index (Phi) is 6.55. The van der Waals surface area contributed by atoms with Crippen molar-refractivity contribution in [3.63, 3.8) is 0 Å². The molecule has 23 heavy (non-hydrogen) atoms. The molecule has 0 bridgehead atoms. The van der Waals surface area contributed by atoms with Gasteiger partial charge in [0.1, 0.15) is 0 Å². The molecule has 0 saturated heterocycles. The number of nitrogens with zero attached hydrogens (tertiary/aromatic N) is 1. The first-order chi connectivity index (χ1) is 11.0. The number of nitrogens with one attached hydrogen (secondary N) is 2.